The number of hydrogen-bond donors (Lipinski definition) is 1. The van der Waals surface area contributed by atoms with Crippen LogP contribution in [0.1, 0.15) is 51.9 Å². The molecular weight excluding hydrogens is 262 g/mol. The van der Waals surface area contributed by atoms with Crippen molar-refractivity contribution in [2.75, 3.05) is 39.3 Å². The summed E-state index contributed by atoms with van der Waals surface area (Å²) in [7, 11) is 0. The topological polar surface area (TPSA) is 35.6 Å². The molecule has 3 rings (SSSR count). The molecule has 3 saturated heterocycles. The number of carbonyl (C=O) groups is 1. The summed E-state index contributed by atoms with van der Waals surface area (Å²) in [6.45, 7) is 8.57. The first-order valence-corrected chi connectivity index (χ1v) is 8.93. The largest absolute Gasteiger partial charge is 0.342 e. The first-order valence-electron chi connectivity index (χ1n) is 8.93. The molecule has 0 aromatic heterocycles. The predicted octanol–water partition coefficient (Wildman–Crippen LogP) is 1.85. The van der Waals surface area contributed by atoms with Crippen LogP contribution >= 0.6 is 0 Å². The second-order valence-electron chi connectivity index (χ2n) is 7.46. The second-order valence-corrected chi connectivity index (χ2v) is 7.46. The van der Waals surface area contributed by atoms with Crippen LogP contribution in [0.2, 0.25) is 0 Å². The van der Waals surface area contributed by atoms with E-state index in [1.165, 1.54) is 45.2 Å². The molecule has 1 unspecified atom stereocenters. The van der Waals surface area contributed by atoms with Gasteiger partial charge in [-0.1, -0.05) is 6.42 Å². The molecule has 1 N–H and O–H groups in total. The van der Waals surface area contributed by atoms with Crippen molar-refractivity contribution in [1.29, 1.82) is 0 Å². The highest BCUT2D eigenvalue weighted by molar-refractivity contribution is 5.82. The van der Waals surface area contributed by atoms with E-state index in [0.29, 0.717) is 5.91 Å². The maximum atomic E-state index is 12.8. The minimum atomic E-state index is -0.157. The number of hydrogen-bond acceptors (Lipinski definition) is 3. The van der Waals surface area contributed by atoms with Gasteiger partial charge in [-0.25, -0.2) is 0 Å². The van der Waals surface area contributed by atoms with Crippen molar-refractivity contribution >= 4 is 5.91 Å². The van der Waals surface area contributed by atoms with E-state index in [9.17, 15) is 4.79 Å². The van der Waals surface area contributed by atoms with Gasteiger partial charge in [0.15, 0.2) is 0 Å². The van der Waals surface area contributed by atoms with Gasteiger partial charge in [-0.05, 0) is 65.1 Å². The van der Waals surface area contributed by atoms with Crippen LogP contribution in [0.5, 0.6) is 0 Å². The molecule has 1 atom stereocenters. The minimum absolute atomic E-state index is 0.157. The molecule has 0 saturated carbocycles. The third kappa shape index (κ3) is 3.42. The van der Waals surface area contributed by atoms with Gasteiger partial charge in [-0.3, -0.25) is 4.79 Å². The van der Waals surface area contributed by atoms with Crippen molar-refractivity contribution in [3.05, 3.63) is 0 Å². The Labute approximate surface area is 129 Å². The van der Waals surface area contributed by atoms with E-state index >= 15 is 0 Å². The third-order valence-corrected chi connectivity index (χ3v) is 5.77. The van der Waals surface area contributed by atoms with Crippen LogP contribution in [0.3, 0.4) is 0 Å². The van der Waals surface area contributed by atoms with E-state index in [4.69, 9.17) is 0 Å². The highest BCUT2D eigenvalue weighted by Crippen LogP contribution is 2.30. The smallest absolute Gasteiger partial charge is 0.229 e. The molecule has 21 heavy (non-hydrogen) atoms. The first kappa shape index (κ1) is 15.3. The Morgan fingerprint density at radius 2 is 1.76 bits per heavy atom. The van der Waals surface area contributed by atoms with E-state index in [1.54, 1.807) is 0 Å². The Kier molecular flexibility index (Phi) is 4.85. The summed E-state index contributed by atoms with van der Waals surface area (Å²) in [6, 6.07) is 0.728. The summed E-state index contributed by atoms with van der Waals surface area (Å²) < 4.78 is 0. The highest BCUT2D eigenvalue weighted by atomic mass is 16.2. The Balaban J connectivity index is 1.51. The summed E-state index contributed by atoms with van der Waals surface area (Å²) in [5.41, 5.74) is -0.157. The number of rotatable bonds is 2. The quantitative estimate of drug-likeness (QED) is 0.844. The van der Waals surface area contributed by atoms with Gasteiger partial charge < -0.3 is 15.1 Å². The molecule has 3 fully saturated rings. The Hall–Kier alpha value is -0.610. The lowest BCUT2D eigenvalue weighted by molar-refractivity contribution is -0.144. The Bertz CT molecular complexity index is 351. The van der Waals surface area contributed by atoms with Crippen LogP contribution in [0, 0.1) is 5.41 Å². The van der Waals surface area contributed by atoms with Crippen molar-refractivity contribution < 1.29 is 4.79 Å². The zero-order valence-corrected chi connectivity index (χ0v) is 13.6. The fourth-order valence-electron chi connectivity index (χ4n) is 4.34. The summed E-state index contributed by atoms with van der Waals surface area (Å²) in [5.74, 6) is 0.395. The molecule has 3 aliphatic rings. The van der Waals surface area contributed by atoms with Crippen molar-refractivity contribution in [1.82, 2.24) is 15.1 Å². The summed E-state index contributed by atoms with van der Waals surface area (Å²) >= 11 is 0. The molecule has 0 aromatic carbocycles. The Morgan fingerprint density at radius 1 is 1.05 bits per heavy atom. The molecule has 0 bridgehead atoms. The molecule has 0 aromatic rings. The van der Waals surface area contributed by atoms with Gasteiger partial charge in [0.25, 0.3) is 0 Å². The van der Waals surface area contributed by atoms with Crippen molar-refractivity contribution in [2.45, 2.75) is 57.9 Å². The number of piperidine rings is 3. The lowest BCUT2D eigenvalue weighted by Gasteiger charge is -2.43. The molecule has 0 aliphatic carbocycles. The predicted molar refractivity (Wildman–Crippen MR) is 85.2 cm³/mol. The van der Waals surface area contributed by atoms with Crippen LogP contribution in [-0.2, 0) is 4.79 Å². The fraction of sp³-hybridized carbons (Fsp3) is 0.941. The zero-order chi connectivity index (χ0) is 14.7. The number of nitrogens with one attached hydrogen (secondary N) is 1. The third-order valence-electron chi connectivity index (χ3n) is 5.77. The lowest BCUT2D eigenvalue weighted by atomic mass is 9.81. The van der Waals surface area contributed by atoms with Crippen LogP contribution in [-0.4, -0.2) is 61.0 Å². The van der Waals surface area contributed by atoms with Gasteiger partial charge in [0.05, 0.1) is 5.41 Å². The molecule has 0 spiro atoms. The maximum absolute atomic E-state index is 12.8. The zero-order valence-electron chi connectivity index (χ0n) is 13.6. The summed E-state index contributed by atoms with van der Waals surface area (Å²) in [4.78, 5) is 17.7. The molecule has 4 nitrogen and oxygen atoms in total. The van der Waals surface area contributed by atoms with Crippen molar-refractivity contribution in [3.63, 3.8) is 0 Å². The molecule has 3 heterocycles. The van der Waals surface area contributed by atoms with Crippen LogP contribution in [0.25, 0.3) is 0 Å². The molecule has 120 valence electrons. The van der Waals surface area contributed by atoms with Crippen LogP contribution < -0.4 is 5.32 Å². The SMILES string of the molecule is CC1(C(=O)N2CCC(N3CCCCC3)CC2)CCCNC1. The van der Waals surface area contributed by atoms with Crippen LogP contribution in [0.15, 0.2) is 0 Å². The van der Waals surface area contributed by atoms with E-state index in [1.807, 2.05) is 0 Å². The van der Waals surface area contributed by atoms with Gasteiger partial charge in [0, 0.05) is 25.7 Å². The van der Waals surface area contributed by atoms with E-state index in [2.05, 4.69) is 22.0 Å². The summed E-state index contributed by atoms with van der Waals surface area (Å²) in [5, 5.41) is 3.40. The Morgan fingerprint density at radius 3 is 2.38 bits per heavy atom. The van der Waals surface area contributed by atoms with Gasteiger partial charge >= 0.3 is 0 Å². The number of nitrogens with zero attached hydrogens (tertiary/aromatic N) is 2. The number of amides is 1. The van der Waals surface area contributed by atoms with E-state index in [0.717, 1.165) is 45.1 Å². The maximum Gasteiger partial charge on any atom is 0.229 e. The van der Waals surface area contributed by atoms with E-state index in [-0.39, 0.29) is 5.41 Å². The number of carbonyl (C=O) groups excluding carboxylic acids is 1. The molecule has 1 amide bonds. The molecular formula is C17H31N3O. The standard InChI is InChI=1S/C17H31N3O/c1-17(8-5-9-18-14-17)16(21)20-12-6-15(7-13-20)19-10-3-2-4-11-19/h15,18H,2-14H2,1H3. The van der Waals surface area contributed by atoms with Crippen molar-refractivity contribution in [2.24, 2.45) is 5.41 Å². The molecule has 3 aliphatic heterocycles. The highest BCUT2D eigenvalue weighted by Gasteiger charge is 2.39. The van der Waals surface area contributed by atoms with Crippen LogP contribution in [0.4, 0.5) is 0 Å². The molecule has 4 heteroatoms. The molecule has 0 radical (unpaired) electrons. The first-order chi connectivity index (χ1) is 10.2. The van der Waals surface area contributed by atoms with Gasteiger partial charge in [-0.2, -0.15) is 0 Å². The average molecular weight is 293 g/mol. The lowest BCUT2D eigenvalue weighted by Crippen LogP contribution is -2.54. The normalized spacial score (nSPS) is 33.1. The number of likely N-dealkylation sites (tertiary alicyclic amines) is 2. The monoisotopic (exact) mass is 293 g/mol. The van der Waals surface area contributed by atoms with Gasteiger partial charge in [0.2, 0.25) is 5.91 Å². The summed E-state index contributed by atoms with van der Waals surface area (Å²) in [6.07, 6.45) is 8.66. The second kappa shape index (κ2) is 6.66. The fourth-order valence-corrected chi connectivity index (χ4v) is 4.34. The van der Waals surface area contributed by atoms with Gasteiger partial charge in [0.1, 0.15) is 0 Å². The average Bonchev–Trinajstić information content (AvgIpc) is 2.56. The van der Waals surface area contributed by atoms with Crippen molar-refractivity contribution in [3.8, 4) is 0 Å². The van der Waals surface area contributed by atoms with E-state index < -0.39 is 0 Å². The van der Waals surface area contributed by atoms with Gasteiger partial charge in [-0.15, -0.1) is 0 Å². The minimum Gasteiger partial charge on any atom is -0.342 e.